The average Bonchev–Trinajstić information content (AvgIpc) is 2.94. The van der Waals surface area contributed by atoms with E-state index in [0.29, 0.717) is 18.8 Å². The van der Waals surface area contributed by atoms with Gasteiger partial charge in [-0.15, -0.1) is 11.3 Å². The van der Waals surface area contributed by atoms with E-state index in [0.717, 1.165) is 16.3 Å². The maximum atomic E-state index is 11.9. The summed E-state index contributed by atoms with van der Waals surface area (Å²) in [5, 5.41) is 5.28. The Bertz CT molecular complexity index is 569. The number of nitrogens with one attached hydrogen (secondary N) is 1. The van der Waals surface area contributed by atoms with E-state index >= 15 is 0 Å². The summed E-state index contributed by atoms with van der Waals surface area (Å²) in [5.41, 5.74) is 6.85. The van der Waals surface area contributed by atoms with Crippen LogP contribution >= 0.6 is 11.3 Å². The number of benzene rings is 1. The van der Waals surface area contributed by atoms with Crippen molar-refractivity contribution in [2.24, 2.45) is 5.73 Å². The monoisotopic (exact) mass is 277 g/mol. The van der Waals surface area contributed by atoms with Crippen LogP contribution in [0.5, 0.6) is 5.75 Å². The SMILES string of the molecule is COc1cccc(CNC(=O)c2csc(CN)n2)c1. The zero-order chi connectivity index (χ0) is 13.7. The van der Waals surface area contributed by atoms with Gasteiger partial charge in [0.15, 0.2) is 0 Å². The highest BCUT2D eigenvalue weighted by Crippen LogP contribution is 2.13. The van der Waals surface area contributed by atoms with Gasteiger partial charge in [-0.05, 0) is 17.7 Å². The van der Waals surface area contributed by atoms with Crippen LogP contribution in [0.2, 0.25) is 0 Å². The Balaban J connectivity index is 1.96. The lowest BCUT2D eigenvalue weighted by Gasteiger charge is -2.05. The van der Waals surface area contributed by atoms with Gasteiger partial charge in [0.05, 0.1) is 7.11 Å². The Labute approximate surface area is 115 Å². The van der Waals surface area contributed by atoms with Crippen molar-refractivity contribution >= 4 is 17.2 Å². The van der Waals surface area contributed by atoms with Crippen LogP contribution in [0, 0.1) is 0 Å². The quantitative estimate of drug-likeness (QED) is 0.869. The zero-order valence-corrected chi connectivity index (χ0v) is 11.4. The van der Waals surface area contributed by atoms with E-state index in [4.69, 9.17) is 10.5 Å². The van der Waals surface area contributed by atoms with Crippen LogP contribution in [0.4, 0.5) is 0 Å². The van der Waals surface area contributed by atoms with E-state index < -0.39 is 0 Å². The van der Waals surface area contributed by atoms with Crippen molar-refractivity contribution in [3.05, 3.63) is 45.9 Å². The van der Waals surface area contributed by atoms with Crippen LogP contribution < -0.4 is 15.8 Å². The molecule has 0 fully saturated rings. The minimum atomic E-state index is -0.196. The molecule has 2 aromatic rings. The molecule has 100 valence electrons. The lowest BCUT2D eigenvalue weighted by atomic mass is 10.2. The van der Waals surface area contributed by atoms with Gasteiger partial charge in [0.25, 0.3) is 5.91 Å². The van der Waals surface area contributed by atoms with E-state index in [1.165, 1.54) is 11.3 Å². The van der Waals surface area contributed by atoms with Gasteiger partial charge in [0.1, 0.15) is 16.5 Å². The molecule has 0 aliphatic rings. The lowest BCUT2D eigenvalue weighted by Crippen LogP contribution is -2.23. The molecule has 0 saturated carbocycles. The molecule has 6 heteroatoms. The molecule has 5 nitrogen and oxygen atoms in total. The van der Waals surface area contributed by atoms with Crippen molar-refractivity contribution in [2.75, 3.05) is 7.11 Å². The molecule has 0 radical (unpaired) electrons. The molecule has 3 N–H and O–H groups in total. The first-order valence-electron chi connectivity index (χ1n) is 5.78. The van der Waals surface area contributed by atoms with E-state index in [1.807, 2.05) is 24.3 Å². The summed E-state index contributed by atoms with van der Waals surface area (Å²) in [6, 6.07) is 7.55. The lowest BCUT2D eigenvalue weighted by molar-refractivity contribution is 0.0946. The van der Waals surface area contributed by atoms with Gasteiger partial charge in [-0.1, -0.05) is 12.1 Å². The highest BCUT2D eigenvalue weighted by atomic mass is 32.1. The number of ether oxygens (including phenoxy) is 1. The van der Waals surface area contributed by atoms with Gasteiger partial charge in [-0.3, -0.25) is 4.79 Å². The van der Waals surface area contributed by atoms with Crippen molar-refractivity contribution in [1.82, 2.24) is 10.3 Å². The molecular formula is C13H15N3O2S. The van der Waals surface area contributed by atoms with Crippen molar-refractivity contribution in [3.63, 3.8) is 0 Å². The molecule has 2 rings (SSSR count). The number of hydrogen-bond acceptors (Lipinski definition) is 5. The Morgan fingerprint density at radius 1 is 1.53 bits per heavy atom. The summed E-state index contributed by atoms with van der Waals surface area (Å²) in [5.74, 6) is 0.574. The van der Waals surface area contributed by atoms with Crippen LogP contribution in [-0.4, -0.2) is 18.0 Å². The number of thiazole rings is 1. The number of nitrogens with zero attached hydrogens (tertiary/aromatic N) is 1. The van der Waals surface area contributed by atoms with Crippen LogP contribution in [-0.2, 0) is 13.1 Å². The highest BCUT2D eigenvalue weighted by molar-refractivity contribution is 7.09. The fourth-order valence-electron chi connectivity index (χ4n) is 1.56. The molecule has 0 unspecified atom stereocenters. The molecular weight excluding hydrogens is 262 g/mol. The molecule has 0 aliphatic heterocycles. The minimum Gasteiger partial charge on any atom is -0.497 e. The van der Waals surface area contributed by atoms with E-state index in [-0.39, 0.29) is 5.91 Å². The predicted octanol–water partition coefficient (Wildman–Crippen LogP) is 1.54. The fourth-order valence-corrected chi connectivity index (χ4v) is 2.22. The van der Waals surface area contributed by atoms with Crippen LogP contribution in [0.15, 0.2) is 29.6 Å². The van der Waals surface area contributed by atoms with Crippen LogP contribution in [0.1, 0.15) is 21.1 Å². The van der Waals surface area contributed by atoms with Crippen LogP contribution in [0.3, 0.4) is 0 Å². The number of carbonyl (C=O) groups is 1. The largest absolute Gasteiger partial charge is 0.497 e. The molecule has 19 heavy (non-hydrogen) atoms. The summed E-state index contributed by atoms with van der Waals surface area (Å²) >= 11 is 1.39. The second kappa shape index (κ2) is 6.31. The van der Waals surface area contributed by atoms with Gasteiger partial charge in [0, 0.05) is 18.5 Å². The smallest absolute Gasteiger partial charge is 0.271 e. The fraction of sp³-hybridized carbons (Fsp3) is 0.231. The third-order valence-corrected chi connectivity index (χ3v) is 3.42. The van der Waals surface area contributed by atoms with Crippen molar-refractivity contribution in [2.45, 2.75) is 13.1 Å². The number of methoxy groups -OCH3 is 1. The third-order valence-electron chi connectivity index (χ3n) is 2.55. The molecule has 1 amide bonds. The molecule has 0 saturated heterocycles. The first-order valence-corrected chi connectivity index (χ1v) is 6.66. The standard InChI is InChI=1S/C13H15N3O2S/c1-18-10-4-2-3-9(5-10)7-15-13(17)11-8-19-12(6-14)16-11/h2-5,8H,6-7,14H2,1H3,(H,15,17). The number of rotatable bonds is 5. The number of carbonyl (C=O) groups excluding carboxylic acids is 1. The first kappa shape index (κ1) is 13.5. The topological polar surface area (TPSA) is 77.2 Å². The summed E-state index contributed by atoms with van der Waals surface area (Å²) in [6.07, 6.45) is 0. The highest BCUT2D eigenvalue weighted by Gasteiger charge is 2.09. The molecule has 0 bridgehead atoms. The maximum Gasteiger partial charge on any atom is 0.271 e. The third kappa shape index (κ3) is 3.52. The summed E-state index contributed by atoms with van der Waals surface area (Å²) < 4.78 is 5.13. The van der Waals surface area contributed by atoms with E-state index in [9.17, 15) is 4.79 Å². The van der Waals surface area contributed by atoms with E-state index in [2.05, 4.69) is 10.3 Å². The number of nitrogens with two attached hydrogens (primary N) is 1. The normalized spacial score (nSPS) is 10.2. The second-order valence-corrected chi connectivity index (χ2v) is 4.81. The molecule has 0 spiro atoms. The van der Waals surface area contributed by atoms with Gasteiger partial charge in [-0.25, -0.2) is 4.98 Å². The predicted molar refractivity (Wildman–Crippen MR) is 74.2 cm³/mol. The minimum absolute atomic E-state index is 0.196. The van der Waals surface area contributed by atoms with E-state index in [1.54, 1.807) is 12.5 Å². The average molecular weight is 277 g/mol. The molecule has 0 atom stereocenters. The molecule has 0 aliphatic carbocycles. The summed E-state index contributed by atoms with van der Waals surface area (Å²) in [4.78, 5) is 16.0. The number of aromatic nitrogens is 1. The Kier molecular flexibility index (Phi) is 4.48. The van der Waals surface area contributed by atoms with Gasteiger partial charge in [0.2, 0.25) is 0 Å². The van der Waals surface area contributed by atoms with Crippen molar-refractivity contribution in [3.8, 4) is 5.75 Å². The Hall–Kier alpha value is -1.92. The maximum absolute atomic E-state index is 11.9. The molecule has 1 heterocycles. The first-order chi connectivity index (χ1) is 9.22. The summed E-state index contributed by atoms with van der Waals surface area (Å²) in [7, 11) is 1.61. The zero-order valence-electron chi connectivity index (χ0n) is 10.6. The second-order valence-electron chi connectivity index (χ2n) is 3.86. The van der Waals surface area contributed by atoms with Gasteiger partial charge >= 0.3 is 0 Å². The van der Waals surface area contributed by atoms with Crippen molar-refractivity contribution in [1.29, 1.82) is 0 Å². The number of amides is 1. The Morgan fingerprint density at radius 2 is 2.37 bits per heavy atom. The van der Waals surface area contributed by atoms with Crippen LogP contribution in [0.25, 0.3) is 0 Å². The molecule has 1 aromatic heterocycles. The Morgan fingerprint density at radius 3 is 3.05 bits per heavy atom. The van der Waals surface area contributed by atoms with Crippen molar-refractivity contribution < 1.29 is 9.53 Å². The number of hydrogen-bond donors (Lipinski definition) is 2. The van der Waals surface area contributed by atoms with Gasteiger partial charge < -0.3 is 15.8 Å². The molecule has 1 aromatic carbocycles. The van der Waals surface area contributed by atoms with Gasteiger partial charge in [-0.2, -0.15) is 0 Å². The summed E-state index contributed by atoms with van der Waals surface area (Å²) in [6.45, 7) is 0.791.